The number of methoxy groups -OCH3 is 2. The van der Waals surface area contributed by atoms with Gasteiger partial charge in [-0.05, 0) is 73.4 Å². The Labute approximate surface area is 263 Å². The summed E-state index contributed by atoms with van der Waals surface area (Å²) in [6.07, 6.45) is 3.36. The van der Waals surface area contributed by atoms with E-state index in [1.807, 2.05) is 42.5 Å². The molecule has 226 valence electrons. The summed E-state index contributed by atoms with van der Waals surface area (Å²) in [5.41, 5.74) is 6.16. The van der Waals surface area contributed by atoms with Crippen molar-refractivity contribution < 1.29 is 23.4 Å². The van der Waals surface area contributed by atoms with Gasteiger partial charge in [0.2, 0.25) is 0 Å². The molecule has 1 atom stereocenters. The zero-order chi connectivity index (χ0) is 31.1. The van der Waals surface area contributed by atoms with E-state index in [9.17, 15) is 9.59 Å². The molecule has 7 rings (SSSR count). The smallest absolute Gasteiger partial charge is 0.338 e. The third-order valence-corrected chi connectivity index (χ3v) is 9.15. The second-order valence-electron chi connectivity index (χ2n) is 10.7. The molecule has 0 spiro atoms. The summed E-state index contributed by atoms with van der Waals surface area (Å²) in [6.45, 7) is 2.07. The van der Waals surface area contributed by atoms with E-state index >= 15 is 0 Å². The van der Waals surface area contributed by atoms with Crippen molar-refractivity contribution in [1.82, 2.24) is 4.57 Å². The van der Waals surface area contributed by atoms with Crippen molar-refractivity contribution in [3.05, 3.63) is 132 Å². The second kappa shape index (κ2) is 11.7. The van der Waals surface area contributed by atoms with Crippen LogP contribution in [-0.2, 0) is 11.2 Å². The van der Waals surface area contributed by atoms with E-state index in [4.69, 9.17) is 23.6 Å². The monoisotopic (exact) mass is 618 g/mol. The largest absolute Gasteiger partial charge is 0.497 e. The molecule has 45 heavy (non-hydrogen) atoms. The molecule has 1 aliphatic carbocycles. The van der Waals surface area contributed by atoms with Gasteiger partial charge in [0, 0.05) is 22.8 Å². The number of benzene rings is 3. The molecule has 9 heteroatoms. The Balaban J connectivity index is 1.37. The number of carbonyl (C=O) groups is 1. The van der Waals surface area contributed by atoms with Crippen LogP contribution < -0.4 is 24.4 Å². The maximum absolute atomic E-state index is 14.2. The van der Waals surface area contributed by atoms with Crippen molar-refractivity contribution in [1.29, 1.82) is 0 Å². The lowest BCUT2D eigenvalue weighted by Crippen LogP contribution is -2.39. The van der Waals surface area contributed by atoms with Gasteiger partial charge in [-0.1, -0.05) is 47.7 Å². The maximum atomic E-state index is 14.2. The van der Waals surface area contributed by atoms with Crippen LogP contribution in [0.25, 0.3) is 23.1 Å². The van der Waals surface area contributed by atoms with Crippen molar-refractivity contribution in [2.45, 2.75) is 25.8 Å². The fourth-order valence-corrected chi connectivity index (χ4v) is 7.06. The summed E-state index contributed by atoms with van der Waals surface area (Å²) >= 11 is 1.33. The molecule has 0 fully saturated rings. The van der Waals surface area contributed by atoms with Gasteiger partial charge in [0.25, 0.3) is 5.56 Å². The summed E-state index contributed by atoms with van der Waals surface area (Å²) in [6, 6.07) is 24.3. The first-order chi connectivity index (χ1) is 22.0. The van der Waals surface area contributed by atoms with E-state index in [1.165, 1.54) is 16.9 Å². The first kappa shape index (κ1) is 28.6. The first-order valence-electron chi connectivity index (χ1n) is 14.7. The molecular formula is C36H30N2O6S. The Hall–Kier alpha value is -5.15. The van der Waals surface area contributed by atoms with Gasteiger partial charge in [-0.15, -0.1) is 0 Å². The predicted octanol–water partition coefficient (Wildman–Crippen LogP) is 5.77. The Morgan fingerprint density at radius 3 is 2.71 bits per heavy atom. The molecule has 2 aliphatic rings. The Morgan fingerprint density at radius 1 is 1.02 bits per heavy atom. The molecule has 0 amide bonds. The number of allylic oxidation sites excluding steroid dienone is 1. The molecule has 5 aromatic rings. The van der Waals surface area contributed by atoms with E-state index < -0.39 is 6.04 Å². The number of rotatable bonds is 7. The number of nitrogens with zero attached hydrogens (tertiary/aromatic N) is 2. The molecular weight excluding hydrogens is 588 g/mol. The predicted molar refractivity (Wildman–Crippen MR) is 172 cm³/mol. The number of furan rings is 1. The number of aryl methyl sites for hydroxylation is 1. The van der Waals surface area contributed by atoms with Gasteiger partial charge in [0.15, 0.2) is 4.80 Å². The molecule has 2 aromatic heterocycles. The van der Waals surface area contributed by atoms with Gasteiger partial charge >= 0.3 is 5.97 Å². The summed E-state index contributed by atoms with van der Waals surface area (Å²) in [7, 11) is 3.26. The zero-order valence-corrected chi connectivity index (χ0v) is 25.9. The maximum Gasteiger partial charge on any atom is 0.338 e. The van der Waals surface area contributed by atoms with E-state index in [2.05, 4.69) is 18.2 Å². The SMILES string of the molecule is CCOC(=O)c1cccc(-c2ccc(/C=c3/sc4n(c3=O)[C@H](c3cc(OC)ccc3OC)C3=C(N=4)c4ccccc4CC3)o2)c1. The zero-order valence-electron chi connectivity index (χ0n) is 25.0. The molecule has 0 saturated heterocycles. The van der Waals surface area contributed by atoms with Crippen LogP contribution in [0.3, 0.4) is 0 Å². The quantitative estimate of drug-likeness (QED) is 0.215. The number of carbonyl (C=O) groups excluding carboxylic acids is 1. The van der Waals surface area contributed by atoms with Crippen LogP contribution in [0, 0.1) is 0 Å². The van der Waals surface area contributed by atoms with Crippen LogP contribution in [0.2, 0.25) is 0 Å². The molecule has 1 aliphatic heterocycles. The van der Waals surface area contributed by atoms with Crippen molar-refractivity contribution in [2.75, 3.05) is 20.8 Å². The Bertz CT molecular complexity index is 2170. The van der Waals surface area contributed by atoms with Gasteiger partial charge in [0.1, 0.15) is 23.0 Å². The van der Waals surface area contributed by atoms with E-state index in [-0.39, 0.29) is 11.5 Å². The molecule has 0 N–H and O–H groups in total. The number of esters is 1. The van der Waals surface area contributed by atoms with Gasteiger partial charge in [-0.3, -0.25) is 9.36 Å². The standard InChI is InChI=1S/C36H30N2O6S/c1-4-43-35(40)23-10-7-9-22(18-23)29-16-14-25(44-29)20-31-34(39)38-33(28-19-24(41-2)13-17-30(28)42-3)27-15-12-21-8-5-6-11-26(21)32(27)37-36(38)45-31/h5-11,13-14,16-20,33H,4,12,15H2,1-3H3/b31-20+/t33-/m0/s1. The van der Waals surface area contributed by atoms with E-state index in [1.54, 1.807) is 50.0 Å². The number of thiazole rings is 1. The van der Waals surface area contributed by atoms with Gasteiger partial charge < -0.3 is 18.6 Å². The van der Waals surface area contributed by atoms with Crippen LogP contribution in [-0.4, -0.2) is 31.4 Å². The summed E-state index contributed by atoms with van der Waals surface area (Å²) in [5.74, 6) is 2.05. The Morgan fingerprint density at radius 2 is 1.89 bits per heavy atom. The number of ether oxygens (including phenoxy) is 3. The fourth-order valence-electron chi connectivity index (χ4n) is 6.08. The minimum Gasteiger partial charge on any atom is -0.497 e. The van der Waals surface area contributed by atoms with Crippen LogP contribution >= 0.6 is 11.3 Å². The minimum absolute atomic E-state index is 0.165. The first-order valence-corrected chi connectivity index (χ1v) is 15.5. The average Bonchev–Trinajstić information content (AvgIpc) is 3.67. The summed E-state index contributed by atoms with van der Waals surface area (Å²) < 4.78 is 25.0. The highest BCUT2D eigenvalue weighted by Gasteiger charge is 2.34. The summed E-state index contributed by atoms with van der Waals surface area (Å²) in [5, 5.41) is 0. The van der Waals surface area contributed by atoms with Crippen LogP contribution in [0.5, 0.6) is 11.5 Å². The van der Waals surface area contributed by atoms with Crippen LogP contribution in [0.4, 0.5) is 0 Å². The van der Waals surface area contributed by atoms with Crippen LogP contribution in [0.15, 0.2) is 98.6 Å². The fraction of sp³-hybridized carbons (Fsp3) is 0.194. The third kappa shape index (κ3) is 5.09. The number of aromatic nitrogens is 1. The van der Waals surface area contributed by atoms with Gasteiger partial charge in [-0.2, -0.15) is 0 Å². The summed E-state index contributed by atoms with van der Waals surface area (Å²) in [4.78, 5) is 32.2. The number of fused-ring (bicyclic) bond motifs is 3. The van der Waals surface area contributed by atoms with Crippen molar-refractivity contribution >= 4 is 29.1 Å². The number of hydrogen-bond acceptors (Lipinski definition) is 8. The molecule has 0 unspecified atom stereocenters. The van der Waals surface area contributed by atoms with E-state index in [0.717, 1.165) is 40.8 Å². The lowest BCUT2D eigenvalue weighted by molar-refractivity contribution is 0.0526. The topological polar surface area (TPSA) is 92.3 Å². The van der Waals surface area contributed by atoms with Crippen molar-refractivity contribution in [2.24, 2.45) is 4.99 Å². The van der Waals surface area contributed by atoms with Crippen LogP contribution in [0.1, 0.15) is 52.2 Å². The molecule has 0 saturated carbocycles. The number of hydrogen-bond donors (Lipinski definition) is 0. The van der Waals surface area contributed by atoms with Crippen molar-refractivity contribution in [3.8, 4) is 22.8 Å². The third-order valence-electron chi connectivity index (χ3n) is 8.16. The van der Waals surface area contributed by atoms with Gasteiger partial charge in [0.05, 0.1) is 42.7 Å². The second-order valence-corrected chi connectivity index (χ2v) is 11.7. The molecule has 0 radical (unpaired) electrons. The highest BCUT2D eigenvalue weighted by Crippen LogP contribution is 2.44. The minimum atomic E-state index is -0.422. The van der Waals surface area contributed by atoms with E-state index in [0.29, 0.717) is 44.5 Å². The lowest BCUT2D eigenvalue weighted by Gasteiger charge is -2.31. The lowest BCUT2D eigenvalue weighted by atomic mass is 9.83. The highest BCUT2D eigenvalue weighted by molar-refractivity contribution is 7.07. The molecule has 3 aromatic carbocycles. The average molecular weight is 619 g/mol. The molecule has 0 bridgehead atoms. The molecule has 8 nitrogen and oxygen atoms in total. The normalized spacial score (nSPS) is 15.5. The highest BCUT2D eigenvalue weighted by atomic mass is 32.1. The Kier molecular flexibility index (Phi) is 7.47. The van der Waals surface area contributed by atoms with Crippen molar-refractivity contribution in [3.63, 3.8) is 0 Å². The molecule has 3 heterocycles. The van der Waals surface area contributed by atoms with Gasteiger partial charge in [-0.25, -0.2) is 9.79 Å².